The van der Waals surface area contributed by atoms with Crippen molar-refractivity contribution < 1.29 is 27.2 Å². The van der Waals surface area contributed by atoms with E-state index in [1.54, 1.807) is 12.1 Å². The standard InChI is InChI=1S/C16H11ClF4N2O2/c1-23(7-12(24)22-11-5-3-2-4-9(11)17)16(25)8-6-10(18)14(20)15(21)13(8)19/h2-6H,7H2,1H3,(H,22,24). The summed E-state index contributed by atoms with van der Waals surface area (Å²) < 4.78 is 53.0. The molecule has 0 atom stereocenters. The molecule has 0 bridgehead atoms. The normalized spacial score (nSPS) is 10.5. The zero-order valence-electron chi connectivity index (χ0n) is 12.7. The number of rotatable bonds is 4. The fourth-order valence-corrected chi connectivity index (χ4v) is 2.16. The molecule has 0 saturated heterocycles. The number of nitrogens with zero attached hydrogens (tertiary/aromatic N) is 1. The number of anilines is 1. The maximum Gasteiger partial charge on any atom is 0.257 e. The number of carbonyl (C=O) groups excluding carboxylic acids is 2. The van der Waals surface area contributed by atoms with E-state index in [1.165, 1.54) is 12.1 Å². The van der Waals surface area contributed by atoms with E-state index in [0.717, 1.165) is 11.9 Å². The van der Waals surface area contributed by atoms with Gasteiger partial charge in [0.2, 0.25) is 5.91 Å². The van der Waals surface area contributed by atoms with Gasteiger partial charge >= 0.3 is 0 Å². The van der Waals surface area contributed by atoms with E-state index >= 15 is 0 Å². The molecule has 9 heteroatoms. The van der Waals surface area contributed by atoms with Crippen LogP contribution in [0.1, 0.15) is 10.4 Å². The summed E-state index contributed by atoms with van der Waals surface area (Å²) in [5.41, 5.74) is -0.732. The number of benzene rings is 2. The first-order valence-corrected chi connectivity index (χ1v) is 7.23. The van der Waals surface area contributed by atoms with E-state index in [1.807, 2.05) is 0 Å². The molecule has 0 aliphatic heterocycles. The van der Waals surface area contributed by atoms with E-state index < -0.39 is 47.2 Å². The van der Waals surface area contributed by atoms with Crippen molar-refractivity contribution in [2.24, 2.45) is 0 Å². The number of amides is 2. The highest BCUT2D eigenvalue weighted by Crippen LogP contribution is 2.21. The molecule has 0 spiro atoms. The molecule has 2 aromatic carbocycles. The summed E-state index contributed by atoms with van der Waals surface area (Å²) >= 11 is 5.87. The highest BCUT2D eigenvalue weighted by molar-refractivity contribution is 6.33. The molecule has 0 aliphatic carbocycles. The molecule has 2 aromatic rings. The molecule has 0 heterocycles. The van der Waals surface area contributed by atoms with Crippen LogP contribution in [0.5, 0.6) is 0 Å². The number of hydrogen-bond donors (Lipinski definition) is 1. The molecule has 0 radical (unpaired) electrons. The van der Waals surface area contributed by atoms with Gasteiger partial charge in [-0.1, -0.05) is 23.7 Å². The third-order valence-corrected chi connectivity index (χ3v) is 3.54. The third kappa shape index (κ3) is 4.08. The summed E-state index contributed by atoms with van der Waals surface area (Å²) in [5, 5.41) is 2.69. The lowest BCUT2D eigenvalue weighted by molar-refractivity contribution is -0.116. The average Bonchev–Trinajstić information content (AvgIpc) is 2.57. The second-order valence-corrected chi connectivity index (χ2v) is 5.44. The van der Waals surface area contributed by atoms with Crippen LogP contribution in [0.25, 0.3) is 0 Å². The Balaban J connectivity index is 2.13. The van der Waals surface area contributed by atoms with E-state index in [9.17, 15) is 27.2 Å². The summed E-state index contributed by atoms with van der Waals surface area (Å²) in [6.07, 6.45) is 0. The fraction of sp³-hybridized carbons (Fsp3) is 0.125. The number of carbonyl (C=O) groups is 2. The summed E-state index contributed by atoms with van der Waals surface area (Å²) in [7, 11) is 1.12. The molecule has 1 N–H and O–H groups in total. The monoisotopic (exact) mass is 374 g/mol. The lowest BCUT2D eigenvalue weighted by atomic mass is 10.1. The van der Waals surface area contributed by atoms with Gasteiger partial charge in [-0.25, -0.2) is 17.6 Å². The second kappa shape index (κ2) is 7.52. The van der Waals surface area contributed by atoms with Crippen molar-refractivity contribution in [1.29, 1.82) is 0 Å². The summed E-state index contributed by atoms with van der Waals surface area (Å²) in [4.78, 5) is 24.7. The first kappa shape index (κ1) is 18.7. The van der Waals surface area contributed by atoms with E-state index in [2.05, 4.69) is 5.32 Å². The summed E-state index contributed by atoms with van der Waals surface area (Å²) in [5.74, 6) is -9.53. The molecule has 132 valence electrons. The van der Waals surface area contributed by atoms with Crippen LogP contribution in [-0.4, -0.2) is 30.3 Å². The minimum Gasteiger partial charge on any atom is -0.332 e. The minimum absolute atomic E-state index is 0.235. The van der Waals surface area contributed by atoms with E-state index in [0.29, 0.717) is 5.69 Å². The van der Waals surface area contributed by atoms with Crippen molar-refractivity contribution >= 4 is 29.1 Å². The first-order valence-electron chi connectivity index (χ1n) is 6.85. The van der Waals surface area contributed by atoms with Crippen LogP contribution in [0, 0.1) is 23.3 Å². The molecule has 25 heavy (non-hydrogen) atoms. The molecule has 0 saturated carbocycles. The predicted octanol–water partition coefficient (Wildman–Crippen LogP) is 3.61. The van der Waals surface area contributed by atoms with Crippen LogP contribution in [0.3, 0.4) is 0 Å². The Morgan fingerprint density at radius 1 is 1.08 bits per heavy atom. The SMILES string of the molecule is CN(CC(=O)Nc1ccccc1Cl)C(=O)c1cc(F)c(F)c(F)c1F. The van der Waals surface area contributed by atoms with Gasteiger partial charge in [-0.2, -0.15) is 0 Å². The van der Waals surface area contributed by atoms with Gasteiger partial charge in [-0.15, -0.1) is 0 Å². The van der Waals surface area contributed by atoms with Crippen molar-refractivity contribution in [2.75, 3.05) is 18.9 Å². The fourth-order valence-electron chi connectivity index (χ4n) is 1.97. The van der Waals surface area contributed by atoms with Crippen LogP contribution >= 0.6 is 11.6 Å². The largest absolute Gasteiger partial charge is 0.332 e. The number of para-hydroxylation sites is 1. The van der Waals surface area contributed by atoms with Gasteiger partial charge < -0.3 is 10.2 Å². The molecule has 0 aromatic heterocycles. The Kier molecular flexibility index (Phi) is 5.63. The van der Waals surface area contributed by atoms with Crippen LogP contribution in [0.4, 0.5) is 23.2 Å². The summed E-state index contributed by atoms with van der Waals surface area (Å²) in [6, 6.07) is 6.56. The summed E-state index contributed by atoms with van der Waals surface area (Å²) in [6.45, 7) is -0.551. The van der Waals surface area contributed by atoms with Crippen LogP contribution < -0.4 is 5.32 Å². The lowest BCUT2D eigenvalue weighted by Crippen LogP contribution is -2.35. The van der Waals surface area contributed by atoms with Crippen molar-refractivity contribution in [1.82, 2.24) is 4.90 Å². The Bertz CT molecular complexity index is 845. The van der Waals surface area contributed by atoms with Gasteiger partial charge in [0, 0.05) is 7.05 Å². The Hall–Kier alpha value is -2.61. The van der Waals surface area contributed by atoms with Crippen molar-refractivity contribution in [2.45, 2.75) is 0 Å². The smallest absolute Gasteiger partial charge is 0.257 e. The van der Waals surface area contributed by atoms with Crippen molar-refractivity contribution in [3.05, 3.63) is 64.2 Å². The second-order valence-electron chi connectivity index (χ2n) is 5.04. The van der Waals surface area contributed by atoms with Gasteiger partial charge in [0.25, 0.3) is 5.91 Å². The third-order valence-electron chi connectivity index (χ3n) is 3.21. The Morgan fingerprint density at radius 3 is 2.36 bits per heavy atom. The highest BCUT2D eigenvalue weighted by Gasteiger charge is 2.25. The van der Waals surface area contributed by atoms with Gasteiger partial charge in [0.15, 0.2) is 23.3 Å². The molecule has 0 fully saturated rings. The molecule has 0 aliphatic rings. The number of halogens is 5. The molecule has 2 amide bonds. The van der Waals surface area contributed by atoms with Gasteiger partial charge in [-0.05, 0) is 18.2 Å². The Labute approximate surface area is 145 Å². The number of nitrogens with one attached hydrogen (secondary N) is 1. The van der Waals surface area contributed by atoms with E-state index in [4.69, 9.17) is 11.6 Å². The maximum atomic E-state index is 13.6. The predicted molar refractivity (Wildman–Crippen MR) is 83.3 cm³/mol. The number of likely N-dealkylation sites (N-methyl/N-ethyl adjacent to an activating group) is 1. The van der Waals surface area contributed by atoms with Crippen LogP contribution in [-0.2, 0) is 4.79 Å². The molecule has 4 nitrogen and oxygen atoms in total. The molecular formula is C16H11ClF4N2O2. The van der Waals surface area contributed by atoms with Crippen LogP contribution in [0.15, 0.2) is 30.3 Å². The topological polar surface area (TPSA) is 49.4 Å². The minimum atomic E-state index is -2.10. The van der Waals surface area contributed by atoms with Crippen molar-refractivity contribution in [3.8, 4) is 0 Å². The quantitative estimate of drug-likeness (QED) is 0.505. The molecule has 0 unspecified atom stereocenters. The van der Waals surface area contributed by atoms with Crippen molar-refractivity contribution in [3.63, 3.8) is 0 Å². The Morgan fingerprint density at radius 2 is 1.72 bits per heavy atom. The number of hydrogen-bond acceptors (Lipinski definition) is 2. The maximum absolute atomic E-state index is 13.6. The van der Waals surface area contributed by atoms with E-state index in [-0.39, 0.29) is 11.1 Å². The van der Waals surface area contributed by atoms with Gasteiger partial charge in [0.05, 0.1) is 22.8 Å². The zero-order chi connectivity index (χ0) is 18.7. The van der Waals surface area contributed by atoms with Crippen LogP contribution in [0.2, 0.25) is 5.02 Å². The highest BCUT2D eigenvalue weighted by atomic mass is 35.5. The zero-order valence-corrected chi connectivity index (χ0v) is 13.5. The average molecular weight is 375 g/mol. The molecule has 2 rings (SSSR count). The van der Waals surface area contributed by atoms with Gasteiger partial charge in [0.1, 0.15) is 0 Å². The first-order chi connectivity index (χ1) is 11.7. The lowest BCUT2D eigenvalue weighted by Gasteiger charge is -2.18. The molecular weight excluding hydrogens is 364 g/mol. The van der Waals surface area contributed by atoms with Gasteiger partial charge in [-0.3, -0.25) is 9.59 Å².